The van der Waals surface area contributed by atoms with E-state index in [9.17, 15) is 4.79 Å². The van der Waals surface area contributed by atoms with Gasteiger partial charge < -0.3 is 14.6 Å². The molecule has 1 N–H and O–H groups in total. The highest BCUT2D eigenvalue weighted by Gasteiger charge is 2.10. The molecule has 0 aliphatic carbocycles. The van der Waals surface area contributed by atoms with E-state index < -0.39 is 5.97 Å². The fourth-order valence-corrected chi connectivity index (χ4v) is 3.53. The third kappa shape index (κ3) is 7.73. The van der Waals surface area contributed by atoms with Gasteiger partial charge in [0.2, 0.25) is 0 Å². The van der Waals surface area contributed by atoms with Gasteiger partial charge in [-0.1, -0.05) is 42.5 Å². The van der Waals surface area contributed by atoms with Crippen LogP contribution in [0.4, 0.5) is 0 Å². The average Bonchev–Trinajstić information content (AvgIpc) is 2.83. The molecule has 0 amide bonds. The first-order valence-electron chi connectivity index (χ1n) is 11.1. The van der Waals surface area contributed by atoms with E-state index in [2.05, 4.69) is 24.3 Å². The molecule has 0 atom stereocenters. The average molecular weight is 434 g/mol. The van der Waals surface area contributed by atoms with E-state index in [1.807, 2.05) is 42.5 Å². The monoisotopic (exact) mass is 433 g/mol. The van der Waals surface area contributed by atoms with Crippen molar-refractivity contribution in [1.82, 2.24) is 4.98 Å². The Balaban J connectivity index is 1.52. The van der Waals surface area contributed by atoms with Crippen LogP contribution in [0.5, 0.6) is 11.5 Å². The van der Waals surface area contributed by atoms with Crippen LogP contribution in [-0.4, -0.2) is 29.8 Å². The van der Waals surface area contributed by atoms with Crippen LogP contribution in [0.15, 0.2) is 66.7 Å². The minimum absolute atomic E-state index is 0.0446. The van der Waals surface area contributed by atoms with Crippen molar-refractivity contribution in [3.05, 3.63) is 89.2 Å². The molecule has 0 aliphatic heterocycles. The molecule has 0 fully saturated rings. The number of nitrogens with zero attached hydrogens (tertiary/aromatic N) is 1. The van der Waals surface area contributed by atoms with Gasteiger partial charge in [-0.15, -0.1) is 0 Å². The predicted octanol–water partition coefficient (Wildman–Crippen LogP) is 5.29. The maximum atomic E-state index is 11.1. The molecule has 1 heterocycles. The van der Waals surface area contributed by atoms with Crippen molar-refractivity contribution in [3.63, 3.8) is 0 Å². The Kier molecular flexibility index (Phi) is 9.11. The lowest BCUT2D eigenvalue weighted by Gasteiger charge is -2.12. The molecule has 0 spiro atoms. The Morgan fingerprint density at radius 3 is 2.31 bits per heavy atom. The van der Waals surface area contributed by atoms with E-state index in [4.69, 9.17) is 19.6 Å². The lowest BCUT2D eigenvalue weighted by atomic mass is 10.1. The summed E-state index contributed by atoms with van der Waals surface area (Å²) < 4.78 is 11.2. The van der Waals surface area contributed by atoms with E-state index in [-0.39, 0.29) is 6.42 Å². The number of hydrogen-bond acceptors (Lipinski definition) is 4. The summed E-state index contributed by atoms with van der Waals surface area (Å²) in [6.45, 7) is 0.585. The third-order valence-corrected chi connectivity index (χ3v) is 5.35. The zero-order chi connectivity index (χ0) is 22.6. The van der Waals surface area contributed by atoms with Crippen LogP contribution in [0.25, 0.3) is 0 Å². The largest absolute Gasteiger partial charge is 0.497 e. The number of carboxylic acid groups (broad SMARTS) is 1. The Morgan fingerprint density at radius 1 is 0.844 bits per heavy atom. The summed E-state index contributed by atoms with van der Waals surface area (Å²) in [6.07, 6.45) is 5.04. The molecular formula is C27H31NO4. The summed E-state index contributed by atoms with van der Waals surface area (Å²) in [7, 11) is 1.67. The molecule has 0 unspecified atom stereocenters. The topological polar surface area (TPSA) is 68.7 Å². The number of methoxy groups -OCH3 is 1. The van der Waals surface area contributed by atoms with Crippen molar-refractivity contribution in [2.75, 3.05) is 13.7 Å². The Morgan fingerprint density at radius 2 is 1.59 bits per heavy atom. The lowest BCUT2D eigenvalue weighted by Crippen LogP contribution is -2.07. The van der Waals surface area contributed by atoms with Crippen molar-refractivity contribution >= 4 is 5.97 Å². The number of aryl methyl sites for hydroxylation is 4. The van der Waals surface area contributed by atoms with Gasteiger partial charge in [-0.25, -0.2) is 0 Å². The van der Waals surface area contributed by atoms with Gasteiger partial charge in [-0.2, -0.15) is 0 Å². The number of carbonyl (C=O) groups is 1. The van der Waals surface area contributed by atoms with Crippen molar-refractivity contribution in [3.8, 4) is 11.5 Å². The van der Waals surface area contributed by atoms with Crippen molar-refractivity contribution in [2.24, 2.45) is 0 Å². The third-order valence-electron chi connectivity index (χ3n) is 5.35. The Hall–Kier alpha value is -3.34. The van der Waals surface area contributed by atoms with E-state index in [0.29, 0.717) is 18.8 Å². The number of aliphatic carboxylic acids is 1. The van der Waals surface area contributed by atoms with Crippen molar-refractivity contribution < 1.29 is 19.4 Å². The predicted molar refractivity (Wildman–Crippen MR) is 125 cm³/mol. The van der Waals surface area contributed by atoms with Crippen LogP contribution in [0.3, 0.4) is 0 Å². The SMILES string of the molecule is COc1ccc(CCCCOc2ccc(CCc3ccccc3)nc2CCC(=O)O)cc1. The molecule has 0 saturated heterocycles. The maximum Gasteiger partial charge on any atom is 0.303 e. The van der Waals surface area contributed by atoms with Gasteiger partial charge in [0.1, 0.15) is 11.5 Å². The molecule has 3 aromatic rings. The number of ether oxygens (including phenoxy) is 2. The quantitative estimate of drug-likeness (QED) is 0.371. The molecule has 5 heteroatoms. The van der Waals surface area contributed by atoms with Crippen LogP contribution >= 0.6 is 0 Å². The summed E-state index contributed by atoms with van der Waals surface area (Å²) in [5.41, 5.74) is 4.23. The zero-order valence-electron chi connectivity index (χ0n) is 18.6. The number of unbranched alkanes of at least 4 members (excludes halogenated alkanes) is 1. The van der Waals surface area contributed by atoms with Gasteiger partial charge in [0.25, 0.3) is 0 Å². The number of carboxylic acids is 1. The molecule has 1 aromatic heterocycles. The van der Waals surface area contributed by atoms with Gasteiger partial charge in [0, 0.05) is 12.1 Å². The molecule has 0 saturated carbocycles. The molecule has 32 heavy (non-hydrogen) atoms. The van der Waals surface area contributed by atoms with Crippen LogP contribution in [0.1, 0.15) is 41.8 Å². The van der Waals surface area contributed by atoms with Gasteiger partial charge >= 0.3 is 5.97 Å². The summed E-state index contributed by atoms with van der Waals surface area (Å²) in [6, 6.07) is 22.3. The highest BCUT2D eigenvalue weighted by molar-refractivity contribution is 5.67. The number of rotatable bonds is 13. The van der Waals surface area contributed by atoms with Gasteiger partial charge in [0.05, 0.1) is 25.8 Å². The number of pyridine rings is 1. The zero-order valence-corrected chi connectivity index (χ0v) is 18.6. The molecule has 5 nitrogen and oxygen atoms in total. The summed E-state index contributed by atoms with van der Waals surface area (Å²) in [5, 5.41) is 9.10. The van der Waals surface area contributed by atoms with Gasteiger partial charge in [-0.05, 0) is 67.5 Å². The smallest absolute Gasteiger partial charge is 0.303 e. The summed E-state index contributed by atoms with van der Waals surface area (Å²) in [5.74, 6) is 0.733. The highest BCUT2D eigenvalue weighted by atomic mass is 16.5. The fourth-order valence-electron chi connectivity index (χ4n) is 3.53. The molecular weight excluding hydrogens is 402 g/mol. The van der Waals surface area contributed by atoms with Crippen molar-refractivity contribution in [2.45, 2.75) is 44.9 Å². The summed E-state index contributed by atoms with van der Waals surface area (Å²) >= 11 is 0. The lowest BCUT2D eigenvalue weighted by molar-refractivity contribution is -0.136. The first-order chi connectivity index (χ1) is 15.6. The minimum atomic E-state index is -0.827. The van der Waals surface area contributed by atoms with E-state index in [1.54, 1.807) is 7.11 Å². The van der Waals surface area contributed by atoms with Gasteiger partial charge in [-0.3, -0.25) is 9.78 Å². The maximum absolute atomic E-state index is 11.1. The molecule has 3 rings (SSSR count). The molecule has 0 aliphatic rings. The van der Waals surface area contributed by atoms with Crippen LogP contribution in [0.2, 0.25) is 0 Å². The van der Waals surface area contributed by atoms with Crippen LogP contribution in [0, 0.1) is 0 Å². The summed E-state index contributed by atoms with van der Waals surface area (Å²) in [4.78, 5) is 15.8. The first kappa shape index (κ1) is 23.3. The molecule has 0 radical (unpaired) electrons. The Labute approximate surface area is 190 Å². The fraction of sp³-hybridized carbons (Fsp3) is 0.333. The highest BCUT2D eigenvalue weighted by Crippen LogP contribution is 2.21. The number of benzene rings is 2. The van der Waals surface area contributed by atoms with Gasteiger partial charge in [0.15, 0.2) is 0 Å². The number of hydrogen-bond donors (Lipinski definition) is 1. The molecule has 2 aromatic carbocycles. The second kappa shape index (κ2) is 12.5. The normalized spacial score (nSPS) is 10.7. The second-order valence-corrected chi connectivity index (χ2v) is 7.78. The van der Waals surface area contributed by atoms with E-state index in [0.717, 1.165) is 49.2 Å². The van der Waals surface area contributed by atoms with E-state index in [1.165, 1.54) is 11.1 Å². The Bertz CT molecular complexity index is 971. The van der Waals surface area contributed by atoms with E-state index >= 15 is 0 Å². The molecule has 0 bridgehead atoms. The standard InChI is InChI=1S/C27H31NO4/c1-31-24-15-11-22(12-16-24)9-5-6-20-32-26-18-14-23(28-25(26)17-19-27(29)30)13-10-21-7-3-2-4-8-21/h2-4,7-8,11-12,14-16,18H,5-6,9-10,13,17,19-20H2,1H3,(H,29,30). The number of aromatic nitrogens is 1. The second-order valence-electron chi connectivity index (χ2n) is 7.78. The molecule has 168 valence electrons. The minimum Gasteiger partial charge on any atom is -0.497 e. The van der Waals surface area contributed by atoms with Crippen molar-refractivity contribution in [1.29, 1.82) is 0 Å². The first-order valence-corrected chi connectivity index (χ1v) is 11.1. The van der Waals surface area contributed by atoms with Crippen LogP contribution < -0.4 is 9.47 Å². The van der Waals surface area contributed by atoms with Crippen LogP contribution in [-0.2, 0) is 30.5 Å².